The van der Waals surface area contributed by atoms with Crippen LogP contribution in [-0.4, -0.2) is 50.0 Å². The molecule has 4 heterocycles. The summed E-state index contributed by atoms with van der Waals surface area (Å²) >= 11 is 0. The number of anilines is 1. The van der Waals surface area contributed by atoms with E-state index >= 15 is 0 Å². The fraction of sp³-hybridized carbons (Fsp3) is 0.292. The van der Waals surface area contributed by atoms with Gasteiger partial charge in [-0.2, -0.15) is 18.2 Å². The fourth-order valence-electron chi connectivity index (χ4n) is 4.27. The number of benzene rings is 1. The van der Waals surface area contributed by atoms with Crippen LogP contribution in [0.1, 0.15) is 18.4 Å². The zero-order valence-electron chi connectivity index (χ0n) is 19.4. The molecule has 12 heteroatoms. The number of nitrogens with zero attached hydrogens (tertiary/aromatic N) is 7. The Balaban J connectivity index is 1.30. The van der Waals surface area contributed by atoms with Gasteiger partial charge in [-0.15, -0.1) is 0 Å². The summed E-state index contributed by atoms with van der Waals surface area (Å²) in [6.07, 6.45) is 3.08. The number of piperidine rings is 1. The molecule has 0 atom stereocenters. The summed E-state index contributed by atoms with van der Waals surface area (Å²) in [5, 5.41) is 0. The molecule has 3 aromatic heterocycles. The van der Waals surface area contributed by atoms with E-state index in [4.69, 9.17) is 10.5 Å². The first-order valence-electron chi connectivity index (χ1n) is 11.3. The van der Waals surface area contributed by atoms with Crippen LogP contribution in [0.25, 0.3) is 22.2 Å². The standard InChI is InChI=1S/C24H23F3N8O/c1-34-12-19(15-2-4-17(5-3-15)31-13-28)20-21(34)22(33-14-32-20)36-18-6-8-35(9-7-18)23-29-10-16(11-30-23)24(25,26)27/h2-5,10-14,18H,6-9H2,1H3,(H2,28,31). The summed E-state index contributed by atoms with van der Waals surface area (Å²) in [7, 11) is 1.92. The van der Waals surface area contributed by atoms with Gasteiger partial charge in [-0.25, -0.2) is 19.9 Å². The van der Waals surface area contributed by atoms with Crippen molar-refractivity contribution in [3.8, 4) is 17.0 Å². The number of aromatic nitrogens is 5. The van der Waals surface area contributed by atoms with E-state index in [9.17, 15) is 13.2 Å². The van der Waals surface area contributed by atoms with Gasteiger partial charge in [0.05, 0.1) is 17.6 Å². The van der Waals surface area contributed by atoms with Crippen LogP contribution in [0.5, 0.6) is 5.88 Å². The quantitative estimate of drug-likeness (QED) is 0.327. The molecule has 0 bridgehead atoms. The first-order chi connectivity index (χ1) is 17.3. The zero-order chi connectivity index (χ0) is 25.3. The van der Waals surface area contributed by atoms with E-state index in [0.717, 1.165) is 40.2 Å². The Morgan fingerprint density at radius 3 is 2.39 bits per heavy atom. The molecule has 4 aromatic rings. The van der Waals surface area contributed by atoms with Gasteiger partial charge < -0.3 is 19.9 Å². The van der Waals surface area contributed by atoms with Gasteiger partial charge in [0.15, 0.2) is 0 Å². The Hall–Kier alpha value is -4.22. The number of alkyl halides is 3. The predicted octanol–water partition coefficient (Wildman–Crippen LogP) is 4.11. The fourth-order valence-corrected chi connectivity index (χ4v) is 4.27. The number of nitrogens with two attached hydrogens (primary N) is 1. The molecule has 1 aliphatic rings. The summed E-state index contributed by atoms with van der Waals surface area (Å²) in [5.74, 6) is 0.767. The Labute approximate surface area is 204 Å². The summed E-state index contributed by atoms with van der Waals surface area (Å²) in [4.78, 5) is 22.6. The largest absolute Gasteiger partial charge is 0.473 e. The molecular formula is C24H23F3N8O. The number of aliphatic imine (C=N–C) groups is 1. The lowest BCUT2D eigenvalue weighted by Crippen LogP contribution is -2.39. The van der Waals surface area contributed by atoms with Gasteiger partial charge in [-0.1, -0.05) is 12.1 Å². The van der Waals surface area contributed by atoms with Crippen molar-refractivity contribution in [3.05, 3.63) is 54.7 Å². The van der Waals surface area contributed by atoms with E-state index in [1.807, 2.05) is 47.0 Å². The summed E-state index contributed by atoms with van der Waals surface area (Å²) in [6, 6.07) is 7.67. The van der Waals surface area contributed by atoms with Crippen molar-refractivity contribution in [2.75, 3.05) is 18.0 Å². The Morgan fingerprint density at radius 2 is 1.75 bits per heavy atom. The number of rotatable bonds is 5. The molecule has 1 saturated heterocycles. The van der Waals surface area contributed by atoms with Crippen LogP contribution in [0.15, 0.2) is 54.2 Å². The van der Waals surface area contributed by atoms with Crippen molar-refractivity contribution < 1.29 is 17.9 Å². The van der Waals surface area contributed by atoms with Gasteiger partial charge >= 0.3 is 6.18 Å². The van der Waals surface area contributed by atoms with Crippen molar-refractivity contribution in [1.29, 1.82) is 0 Å². The minimum Gasteiger partial charge on any atom is -0.473 e. The molecule has 1 fully saturated rings. The van der Waals surface area contributed by atoms with E-state index in [1.54, 1.807) is 0 Å². The van der Waals surface area contributed by atoms with Crippen molar-refractivity contribution in [1.82, 2.24) is 24.5 Å². The van der Waals surface area contributed by atoms with Gasteiger partial charge in [0.1, 0.15) is 23.5 Å². The highest BCUT2D eigenvalue weighted by molar-refractivity contribution is 5.95. The number of fused-ring (bicyclic) bond motifs is 1. The second kappa shape index (κ2) is 9.44. The lowest BCUT2D eigenvalue weighted by molar-refractivity contribution is -0.138. The lowest BCUT2D eigenvalue weighted by Gasteiger charge is -2.32. The SMILES string of the molecule is Cn1cc(-c2ccc(N=CN)cc2)c2ncnc(OC3CCN(c4ncc(C(F)(F)F)cn4)CC3)c21. The molecular weight excluding hydrogens is 473 g/mol. The third-order valence-electron chi connectivity index (χ3n) is 6.09. The van der Waals surface area contributed by atoms with E-state index in [0.29, 0.717) is 31.8 Å². The zero-order valence-corrected chi connectivity index (χ0v) is 19.4. The third kappa shape index (κ3) is 4.66. The molecule has 9 nitrogen and oxygen atoms in total. The summed E-state index contributed by atoms with van der Waals surface area (Å²) in [5.41, 5.74) is 8.74. The smallest absolute Gasteiger partial charge is 0.419 e. The third-order valence-corrected chi connectivity index (χ3v) is 6.09. The highest BCUT2D eigenvalue weighted by Gasteiger charge is 2.32. The van der Waals surface area contributed by atoms with Crippen LogP contribution in [0, 0.1) is 0 Å². The van der Waals surface area contributed by atoms with Gasteiger partial charge in [0.25, 0.3) is 0 Å². The van der Waals surface area contributed by atoms with Crippen LogP contribution >= 0.6 is 0 Å². The maximum atomic E-state index is 12.8. The Bertz CT molecular complexity index is 1380. The van der Waals surface area contributed by atoms with E-state index in [2.05, 4.69) is 24.9 Å². The van der Waals surface area contributed by atoms with Crippen LogP contribution in [0.3, 0.4) is 0 Å². The van der Waals surface area contributed by atoms with E-state index in [-0.39, 0.29) is 12.1 Å². The highest BCUT2D eigenvalue weighted by Crippen LogP contribution is 2.34. The molecule has 0 aliphatic carbocycles. The van der Waals surface area contributed by atoms with Gasteiger partial charge in [0, 0.05) is 57.1 Å². The number of hydrogen-bond acceptors (Lipinski definition) is 7. The van der Waals surface area contributed by atoms with Crippen molar-refractivity contribution in [2.45, 2.75) is 25.1 Å². The molecule has 36 heavy (non-hydrogen) atoms. The van der Waals surface area contributed by atoms with Crippen LogP contribution < -0.4 is 15.4 Å². The molecule has 1 aromatic carbocycles. The maximum Gasteiger partial charge on any atom is 0.419 e. The Morgan fingerprint density at radius 1 is 1.06 bits per heavy atom. The van der Waals surface area contributed by atoms with Crippen LogP contribution in [0.2, 0.25) is 0 Å². The van der Waals surface area contributed by atoms with Crippen molar-refractivity contribution in [3.63, 3.8) is 0 Å². The highest BCUT2D eigenvalue weighted by atomic mass is 19.4. The van der Waals surface area contributed by atoms with Gasteiger partial charge in [-0.3, -0.25) is 0 Å². The molecule has 2 N–H and O–H groups in total. The molecule has 186 valence electrons. The molecule has 0 amide bonds. The number of hydrogen-bond donors (Lipinski definition) is 1. The van der Waals surface area contributed by atoms with E-state index < -0.39 is 11.7 Å². The molecule has 0 radical (unpaired) electrons. The Kier molecular flexibility index (Phi) is 6.17. The molecule has 0 spiro atoms. The van der Waals surface area contributed by atoms with Crippen LogP contribution in [-0.2, 0) is 13.2 Å². The normalized spacial score (nSPS) is 15.2. The molecule has 0 unspecified atom stereocenters. The minimum absolute atomic E-state index is 0.111. The summed E-state index contributed by atoms with van der Waals surface area (Å²) in [6.45, 7) is 1.11. The monoisotopic (exact) mass is 496 g/mol. The van der Waals surface area contributed by atoms with Gasteiger partial charge in [-0.05, 0) is 17.7 Å². The predicted molar refractivity (Wildman–Crippen MR) is 129 cm³/mol. The minimum atomic E-state index is -4.46. The van der Waals surface area contributed by atoms with Gasteiger partial charge in [0.2, 0.25) is 11.8 Å². The number of ether oxygens (including phenoxy) is 1. The van der Waals surface area contributed by atoms with E-state index in [1.165, 1.54) is 12.7 Å². The summed E-state index contributed by atoms with van der Waals surface area (Å²) < 4.78 is 46.5. The second-order valence-electron chi connectivity index (χ2n) is 8.43. The maximum absolute atomic E-state index is 12.8. The first-order valence-corrected chi connectivity index (χ1v) is 11.3. The van der Waals surface area contributed by atoms with Crippen LogP contribution in [0.4, 0.5) is 24.8 Å². The molecule has 1 aliphatic heterocycles. The number of halogens is 3. The first kappa shape index (κ1) is 23.5. The second-order valence-corrected chi connectivity index (χ2v) is 8.43. The lowest BCUT2D eigenvalue weighted by atomic mass is 10.1. The molecule has 0 saturated carbocycles. The molecule has 5 rings (SSSR count). The topological polar surface area (TPSA) is 107 Å². The van der Waals surface area contributed by atoms with Crippen molar-refractivity contribution >= 4 is 29.0 Å². The van der Waals surface area contributed by atoms with Crippen molar-refractivity contribution in [2.24, 2.45) is 17.8 Å². The average Bonchev–Trinajstić information content (AvgIpc) is 3.22. The number of aryl methyl sites for hydroxylation is 1. The average molecular weight is 496 g/mol.